The van der Waals surface area contributed by atoms with Gasteiger partial charge in [0.15, 0.2) is 0 Å². The molecule has 2 N–H and O–H groups in total. The molecule has 2 heterocycles. The SMILES string of the molecule is Cc1ncc[nH]1.O=C1CCCN1. The molecule has 1 amide bonds. The van der Waals surface area contributed by atoms with E-state index in [1.165, 1.54) is 0 Å². The first-order chi connectivity index (χ1) is 5.79. The summed E-state index contributed by atoms with van der Waals surface area (Å²) in [6, 6.07) is 0. The molecule has 0 atom stereocenters. The van der Waals surface area contributed by atoms with Crippen LogP contribution in [0.15, 0.2) is 12.4 Å². The zero-order valence-corrected chi connectivity index (χ0v) is 7.13. The number of amides is 1. The van der Waals surface area contributed by atoms with Crippen molar-refractivity contribution >= 4 is 5.91 Å². The van der Waals surface area contributed by atoms with E-state index in [0.717, 1.165) is 25.2 Å². The van der Waals surface area contributed by atoms with Gasteiger partial charge in [0.25, 0.3) is 0 Å². The molecule has 1 aromatic rings. The van der Waals surface area contributed by atoms with Gasteiger partial charge in [0.2, 0.25) is 5.91 Å². The monoisotopic (exact) mass is 167 g/mol. The molecule has 66 valence electrons. The largest absolute Gasteiger partial charge is 0.356 e. The van der Waals surface area contributed by atoms with E-state index in [1.54, 1.807) is 12.4 Å². The summed E-state index contributed by atoms with van der Waals surface area (Å²) in [6.07, 6.45) is 5.30. The van der Waals surface area contributed by atoms with Gasteiger partial charge in [0, 0.05) is 25.4 Å². The van der Waals surface area contributed by atoms with Crippen LogP contribution >= 0.6 is 0 Å². The van der Waals surface area contributed by atoms with E-state index in [9.17, 15) is 4.79 Å². The third-order valence-electron chi connectivity index (χ3n) is 1.54. The molecule has 0 aromatic carbocycles. The number of nitrogens with one attached hydrogen (secondary N) is 2. The number of aryl methyl sites for hydroxylation is 1. The maximum atomic E-state index is 10.1. The Kier molecular flexibility index (Phi) is 3.32. The summed E-state index contributed by atoms with van der Waals surface area (Å²) in [5.41, 5.74) is 0. The molecule has 4 nitrogen and oxygen atoms in total. The van der Waals surface area contributed by atoms with Crippen LogP contribution in [0.4, 0.5) is 0 Å². The minimum absolute atomic E-state index is 0.204. The maximum Gasteiger partial charge on any atom is 0.220 e. The van der Waals surface area contributed by atoms with Crippen molar-refractivity contribution in [2.45, 2.75) is 19.8 Å². The van der Waals surface area contributed by atoms with Crippen LogP contribution in [0.25, 0.3) is 0 Å². The molecule has 12 heavy (non-hydrogen) atoms. The maximum absolute atomic E-state index is 10.1. The summed E-state index contributed by atoms with van der Waals surface area (Å²) >= 11 is 0. The highest BCUT2D eigenvalue weighted by Gasteiger charge is 2.05. The lowest BCUT2D eigenvalue weighted by atomic mass is 10.4. The fourth-order valence-corrected chi connectivity index (χ4v) is 0.909. The van der Waals surface area contributed by atoms with Crippen molar-refractivity contribution in [1.29, 1.82) is 0 Å². The van der Waals surface area contributed by atoms with Crippen LogP contribution < -0.4 is 5.32 Å². The highest BCUT2D eigenvalue weighted by Crippen LogP contribution is 1.93. The van der Waals surface area contributed by atoms with E-state index in [2.05, 4.69) is 15.3 Å². The molecule has 1 aliphatic rings. The molecule has 0 spiro atoms. The molecule has 0 saturated carbocycles. The number of hydrogen-bond donors (Lipinski definition) is 2. The number of H-pyrrole nitrogens is 1. The summed E-state index contributed by atoms with van der Waals surface area (Å²) in [5, 5.41) is 2.68. The van der Waals surface area contributed by atoms with E-state index in [4.69, 9.17) is 0 Å². The van der Waals surface area contributed by atoms with Gasteiger partial charge >= 0.3 is 0 Å². The van der Waals surface area contributed by atoms with E-state index in [0.29, 0.717) is 0 Å². The Balaban J connectivity index is 0.000000120. The number of hydrogen-bond acceptors (Lipinski definition) is 2. The van der Waals surface area contributed by atoms with Crippen LogP contribution in [-0.4, -0.2) is 22.4 Å². The van der Waals surface area contributed by atoms with Gasteiger partial charge in [0.1, 0.15) is 5.82 Å². The van der Waals surface area contributed by atoms with Gasteiger partial charge in [-0.25, -0.2) is 4.98 Å². The first-order valence-corrected chi connectivity index (χ1v) is 4.02. The number of carbonyl (C=O) groups is 1. The number of aromatic amines is 1. The van der Waals surface area contributed by atoms with Gasteiger partial charge in [-0.2, -0.15) is 0 Å². The average molecular weight is 167 g/mol. The third kappa shape index (κ3) is 3.18. The Morgan fingerprint density at radius 1 is 1.58 bits per heavy atom. The van der Waals surface area contributed by atoms with Crippen molar-refractivity contribution in [2.24, 2.45) is 0 Å². The van der Waals surface area contributed by atoms with Crippen LogP contribution in [0, 0.1) is 6.92 Å². The van der Waals surface area contributed by atoms with E-state index in [1.807, 2.05) is 6.92 Å². The molecule has 1 aromatic heterocycles. The topological polar surface area (TPSA) is 57.8 Å². The van der Waals surface area contributed by atoms with Crippen LogP contribution in [-0.2, 0) is 4.79 Å². The number of imidazole rings is 1. The molecule has 0 unspecified atom stereocenters. The summed E-state index contributed by atoms with van der Waals surface area (Å²) < 4.78 is 0. The molecule has 0 aliphatic carbocycles. The van der Waals surface area contributed by atoms with Crippen molar-refractivity contribution in [1.82, 2.24) is 15.3 Å². The van der Waals surface area contributed by atoms with E-state index >= 15 is 0 Å². The van der Waals surface area contributed by atoms with Gasteiger partial charge in [-0.3, -0.25) is 4.79 Å². The van der Waals surface area contributed by atoms with Crippen molar-refractivity contribution in [2.75, 3.05) is 6.54 Å². The van der Waals surface area contributed by atoms with Gasteiger partial charge in [0.05, 0.1) is 0 Å². The number of carbonyl (C=O) groups excluding carboxylic acids is 1. The fraction of sp³-hybridized carbons (Fsp3) is 0.500. The molecule has 1 fully saturated rings. The lowest BCUT2D eigenvalue weighted by molar-refractivity contribution is -0.119. The Labute approximate surface area is 71.4 Å². The predicted molar refractivity (Wildman–Crippen MR) is 45.6 cm³/mol. The van der Waals surface area contributed by atoms with E-state index < -0.39 is 0 Å². The van der Waals surface area contributed by atoms with Gasteiger partial charge in [-0.1, -0.05) is 0 Å². The molecule has 1 saturated heterocycles. The zero-order chi connectivity index (χ0) is 8.81. The van der Waals surface area contributed by atoms with Crippen molar-refractivity contribution in [3.05, 3.63) is 18.2 Å². The first-order valence-electron chi connectivity index (χ1n) is 4.02. The van der Waals surface area contributed by atoms with Crippen LogP contribution in [0.3, 0.4) is 0 Å². The van der Waals surface area contributed by atoms with Crippen molar-refractivity contribution in [3.8, 4) is 0 Å². The fourth-order valence-electron chi connectivity index (χ4n) is 0.909. The molecule has 4 heteroatoms. The molecule has 0 radical (unpaired) electrons. The quantitative estimate of drug-likeness (QED) is 0.595. The lowest BCUT2D eigenvalue weighted by Gasteiger charge is -1.80. The third-order valence-corrected chi connectivity index (χ3v) is 1.54. The summed E-state index contributed by atoms with van der Waals surface area (Å²) in [4.78, 5) is 16.9. The van der Waals surface area contributed by atoms with Crippen molar-refractivity contribution in [3.63, 3.8) is 0 Å². The van der Waals surface area contributed by atoms with Crippen LogP contribution in [0.1, 0.15) is 18.7 Å². The van der Waals surface area contributed by atoms with Crippen molar-refractivity contribution < 1.29 is 4.79 Å². The second-order valence-electron chi connectivity index (χ2n) is 2.63. The van der Waals surface area contributed by atoms with Crippen LogP contribution in [0.2, 0.25) is 0 Å². The molecule has 2 rings (SSSR count). The smallest absolute Gasteiger partial charge is 0.220 e. The standard InChI is InChI=1S/C4H6N2.C4H7NO/c1-4-5-2-3-6-4;6-4-2-1-3-5-4/h2-3H,1H3,(H,5,6);1-3H2,(H,5,6). The van der Waals surface area contributed by atoms with Crippen LogP contribution in [0.5, 0.6) is 0 Å². The lowest BCUT2D eigenvalue weighted by Crippen LogP contribution is -2.12. The number of rotatable bonds is 0. The summed E-state index contributed by atoms with van der Waals surface area (Å²) in [6.45, 7) is 2.80. The molecular weight excluding hydrogens is 154 g/mol. The molecule has 1 aliphatic heterocycles. The first kappa shape index (κ1) is 8.77. The zero-order valence-electron chi connectivity index (χ0n) is 7.13. The second kappa shape index (κ2) is 4.54. The van der Waals surface area contributed by atoms with Gasteiger partial charge < -0.3 is 10.3 Å². The van der Waals surface area contributed by atoms with Gasteiger partial charge in [-0.15, -0.1) is 0 Å². The summed E-state index contributed by atoms with van der Waals surface area (Å²) in [5.74, 6) is 1.17. The highest BCUT2D eigenvalue weighted by molar-refractivity contribution is 5.77. The summed E-state index contributed by atoms with van der Waals surface area (Å²) in [7, 11) is 0. The second-order valence-corrected chi connectivity index (χ2v) is 2.63. The Bertz CT molecular complexity index is 222. The highest BCUT2D eigenvalue weighted by atomic mass is 16.1. The molecular formula is C8H13N3O. The number of aromatic nitrogens is 2. The minimum Gasteiger partial charge on any atom is -0.356 e. The Morgan fingerprint density at radius 2 is 2.42 bits per heavy atom. The normalized spacial score (nSPS) is 14.9. The van der Waals surface area contributed by atoms with Gasteiger partial charge in [-0.05, 0) is 13.3 Å². The Morgan fingerprint density at radius 3 is 2.58 bits per heavy atom. The van der Waals surface area contributed by atoms with E-state index in [-0.39, 0.29) is 5.91 Å². The number of nitrogens with zero attached hydrogens (tertiary/aromatic N) is 1. The average Bonchev–Trinajstić information content (AvgIpc) is 2.63. The predicted octanol–water partition coefficient (Wildman–Crippen LogP) is 0.615. The minimum atomic E-state index is 0.204. The molecule has 0 bridgehead atoms. The Hall–Kier alpha value is -1.32.